The Hall–Kier alpha value is -2.29. The molecule has 0 aromatic heterocycles. The summed E-state index contributed by atoms with van der Waals surface area (Å²) in [5.41, 5.74) is 3.82. The normalized spacial score (nSPS) is 10.1. The minimum atomic E-state index is -0.291. The summed E-state index contributed by atoms with van der Waals surface area (Å²) in [5, 5.41) is 3.31. The number of para-hydroxylation sites is 1. The molecule has 0 atom stereocenters. The highest BCUT2D eigenvalue weighted by Gasteiger charge is 2.11. The number of nitrogens with one attached hydrogen (secondary N) is 1. The molecule has 1 N–H and O–H groups in total. The van der Waals surface area contributed by atoms with Gasteiger partial charge in [0, 0.05) is 12.2 Å². The van der Waals surface area contributed by atoms with Gasteiger partial charge in [-0.25, -0.2) is 4.79 Å². The topological polar surface area (TPSA) is 38.3 Å². The lowest BCUT2D eigenvalue weighted by Gasteiger charge is -2.12. The highest BCUT2D eigenvalue weighted by atomic mass is 16.5. The molecule has 20 heavy (non-hydrogen) atoms. The third-order valence-corrected chi connectivity index (χ3v) is 3.15. The standard InChI is InChI=1S/C17H19NO2/c1-3-20-17(19)15-10-6-7-11-16(15)18-12-14-9-5-4-8-13(14)2/h4-11,18H,3,12H2,1-2H3. The van der Waals surface area contributed by atoms with Gasteiger partial charge in [-0.2, -0.15) is 0 Å². The molecule has 0 bridgehead atoms. The Labute approximate surface area is 119 Å². The van der Waals surface area contributed by atoms with Crippen molar-refractivity contribution in [1.82, 2.24) is 0 Å². The zero-order valence-corrected chi connectivity index (χ0v) is 11.8. The molecule has 2 aromatic carbocycles. The Kier molecular flexibility index (Phi) is 4.77. The van der Waals surface area contributed by atoms with Gasteiger partial charge in [-0.3, -0.25) is 0 Å². The van der Waals surface area contributed by atoms with Gasteiger partial charge in [0.2, 0.25) is 0 Å². The van der Waals surface area contributed by atoms with Crippen LogP contribution in [0.2, 0.25) is 0 Å². The lowest BCUT2D eigenvalue weighted by Crippen LogP contribution is -2.10. The predicted molar refractivity (Wildman–Crippen MR) is 80.9 cm³/mol. The molecule has 2 rings (SSSR count). The van der Waals surface area contributed by atoms with E-state index in [0.717, 1.165) is 5.69 Å². The van der Waals surface area contributed by atoms with Crippen LogP contribution in [0.4, 0.5) is 5.69 Å². The number of anilines is 1. The summed E-state index contributed by atoms with van der Waals surface area (Å²) in [5.74, 6) is -0.291. The quantitative estimate of drug-likeness (QED) is 0.839. The fraction of sp³-hybridized carbons (Fsp3) is 0.235. The van der Waals surface area contributed by atoms with Gasteiger partial charge in [-0.15, -0.1) is 0 Å². The molecule has 0 aliphatic rings. The second-order valence-corrected chi connectivity index (χ2v) is 4.55. The Morgan fingerprint density at radius 2 is 1.80 bits per heavy atom. The molecular weight excluding hydrogens is 250 g/mol. The summed E-state index contributed by atoms with van der Waals surface area (Å²) in [6, 6.07) is 15.6. The number of hydrogen-bond donors (Lipinski definition) is 1. The summed E-state index contributed by atoms with van der Waals surface area (Å²) in [6.45, 7) is 4.95. The Bertz CT molecular complexity index is 593. The average Bonchev–Trinajstić information content (AvgIpc) is 2.47. The Morgan fingerprint density at radius 1 is 1.10 bits per heavy atom. The number of rotatable bonds is 5. The maximum Gasteiger partial charge on any atom is 0.340 e. The zero-order chi connectivity index (χ0) is 14.4. The highest BCUT2D eigenvalue weighted by Crippen LogP contribution is 2.18. The molecular formula is C17H19NO2. The van der Waals surface area contributed by atoms with Crippen LogP contribution in [0.5, 0.6) is 0 Å². The van der Waals surface area contributed by atoms with Crippen molar-refractivity contribution in [2.45, 2.75) is 20.4 Å². The van der Waals surface area contributed by atoms with Crippen LogP contribution in [0.25, 0.3) is 0 Å². The summed E-state index contributed by atoms with van der Waals surface area (Å²) >= 11 is 0. The predicted octanol–water partition coefficient (Wildman–Crippen LogP) is 3.78. The maximum atomic E-state index is 11.9. The molecule has 0 aliphatic carbocycles. The van der Waals surface area contributed by atoms with E-state index in [9.17, 15) is 4.79 Å². The SMILES string of the molecule is CCOC(=O)c1ccccc1NCc1ccccc1C. The molecule has 0 fully saturated rings. The monoisotopic (exact) mass is 269 g/mol. The maximum absolute atomic E-state index is 11.9. The third-order valence-electron chi connectivity index (χ3n) is 3.15. The Morgan fingerprint density at radius 3 is 2.55 bits per heavy atom. The van der Waals surface area contributed by atoms with Crippen LogP contribution in [0, 0.1) is 6.92 Å². The molecule has 0 spiro atoms. The van der Waals surface area contributed by atoms with Crippen molar-refractivity contribution < 1.29 is 9.53 Å². The van der Waals surface area contributed by atoms with Gasteiger partial charge < -0.3 is 10.1 Å². The summed E-state index contributed by atoms with van der Waals surface area (Å²) in [7, 11) is 0. The molecule has 3 nitrogen and oxygen atoms in total. The molecule has 0 saturated carbocycles. The van der Waals surface area contributed by atoms with Crippen molar-refractivity contribution >= 4 is 11.7 Å². The third kappa shape index (κ3) is 3.38. The molecule has 0 amide bonds. The minimum Gasteiger partial charge on any atom is -0.462 e. The lowest BCUT2D eigenvalue weighted by molar-refractivity contribution is 0.0527. The van der Waals surface area contributed by atoms with Gasteiger partial charge in [0.1, 0.15) is 0 Å². The van der Waals surface area contributed by atoms with Gasteiger partial charge in [0.05, 0.1) is 12.2 Å². The van der Waals surface area contributed by atoms with Crippen molar-refractivity contribution in [3.05, 3.63) is 65.2 Å². The van der Waals surface area contributed by atoms with Gasteiger partial charge >= 0.3 is 5.97 Å². The molecule has 0 heterocycles. The molecule has 3 heteroatoms. The van der Waals surface area contributed by atoms with E-state index in [1.54, 1.807) is 13.0 Å². The minimum absolute atomic E-state index is 0.291. The first kappa shape index (κ1) is 14.1. The summed E-state index contributed by atoms with van der Waals surface area (Å²) in [4.78, 5) is 11.9. The van der Waals surface area contributed by atoms with E-state index in [-0.39, 0.29) is 5.97 Å². The van der Waals surface area contributed by atoms with Crippen molar-refractivity contribution in [1.29, 1.82) is 0 Å². The largest absolute Gasteiger partial charge is 0.462 e. The van der Waals surface area contributed by atoms with Gasteiger partial charge in [-0.1, -0.05) is 36.4 Å². The molecule has 0 aliphatic heterocycles. The molecule has 104 valence electrons. The van der Waals surface area contributed by atoms with Crippen molar-refractivity contribution in [3.63, 3.8) is 0 Å². The number of hydrogen-bond acceptors (Lipinski definition) is 3. The first-order chi connectivity index (χ1) is 9.72. The highest BCUT2D eigenvalue weighted by molar-refractivity contribution is 5.95. The number of carbonyl (C=O) groups is 1. The van der Waals surface area contributed by atoms with Gasteiger partial charge in [0.15, 0.2) is 0 Å². The van der Waals surface area contributed by atoms with Gasteiger partial charge in [0.25, 0.3) is 0 Å². The van der Waals surface area contributed by atoms with Gasteiger partial charge in [-0.05, 0) is 37.1 Å². The first-order valence-electron chi connectivity index (χ1n) is 6.77. The Balaban J connectivity index is 2.14. The van der Waals surface area contributed by atoms with E-state index in [1.165, 1.54) is 11.1 Å². The van der Waals surface area contributed by atoms with Crippen LogP contribution >= 0.6 is 0 Å². The van der Waals surface area contributed by atoms with Crippen molar-refractivity contribution in [3.8, 4) is 0 Å². The second kappa shape index (κ2) is 6.75. The molecule has 2 aromatic rings. The summed E-state index contributed by atoms with van der Waals surface area (Å²) < 4.78 is 5.07. The average molecular weight is 269 g/mol. The van der Waals surface area contributed by atoms with E-state index in [1.807, 2.05) is 30.3 Å². The zero-order valence-electron chi connectivity index (χ0n) is 11.8. The number of benzene rings is 2. The van der Waals surface area contributed by atoms with Crippen LogP contribution in [0.15, 0.2) is 48.5 Å². The van der Waals surface area contributed by atoms with Crippen LogP contribution in [0.1, 0.15) is 28.4 Å². The second-order valence-electron chi connectivity index (χ2n) is 4.55. The van der Waals surface area contributed by atoms with Crippen LogP contribution < -0.4 is 5.32 Å². The van der Waals surface area contributed by atoms with Crippen molar-refractivity contribution in [2.75, 3.05) is 11.9 Å². The van der Waals surface area contributed by atoms with E-state index in [0.29, 0.717) is 18.7 Å². The number of esters is 1. The van der Waals surface area contributed by atoms with Crippen LogP contribution in [-0.4, -0.2) is 12.6 Å². The number of ether oxygens (including phenoxy) is 1. The molecule has 0 unspecified atom stereocenters. The van der Waals surface area contributed by atoms with E-state index in [4.69, 9.17) is 4.74 Å². The fourth-order valence-corrected chi connectivity index (χ4v) is 2.02. The van der Waals surface area contributed by atoms with E-state index >= 15 is 0 Å². The number of carbonyl (C=O) groups excluding carboxylic acids is 1. The van der Waals surface area contributed by atoms with Crippen LogP contribution in [0.3, 0.4) is 0 Å². The summed E-state index contributed by atoms with van der Waals surface area (Å²) in [6.07, 6.45) is 0. The molecule has 0 radical (unpaired) electrons. The van der Waals surface area contributed by atoms with E-state index < -0.39 is 0 Å². The van der Waals surface area contributed by atoms with Crippen LogP contribution in [-0.2, 0) is 11.3 Å². The fourth-order valence-electron chi connectivity index (χ4n) is 2.02. The molecule has 0 saturated heterocycles. The number of aryl methyl sites for hydroxylation is 1. The smallest absolute Gasteiger partial charge is 0.340 e. The lowest BCUT2D eigenvalue weighted by atomic mass is 10.1. The van der Waals surface area contributed by atoms with E-state index in [2.05, 4.69) is 24.4 Å². The first-order valence-corrected chi connectivity index (χ1v) is 6.77. The van der Waals surface area contributed by atoms with Crippen molar-refractivity contribution in [2.24, 2.45) is 0 Å².